The van der Waals surface area contributed by atoms with Gasteiger partial charge in [0.2, 0.25) is 0 Å². The second-order valence-electron chi connectivity index (χ2n) is 27.9. The summed E-state index contributed by atoms with van der Waals surface area (Å²) in [6.07, 6.45) is 59.9. The first-order valence-corrected chi connectivity index (χ1v) is 54.8. The molecule has 0 aliphatic heterocycles. The molecule has 96 heavy (non-hydrogen) atoms. The number of benzene rings is 2. The van der Waals surface area contributed by atoms with E-state index in [1.807, 2.05) is 11.3 Å². The standard InChI is InChI=1S/C38H54Cl2N2S3.C22H27BrCl2N2S2.C16H27S.CH4.3CH3.Sn/c1-3-5-7-9-11-13-15-17-19-21-23-29-25-31(43-27-29)33-35(39)36(40)34(38-37(33)41-45-42-38)32-26-30(28-44-32)24-22-20-18-16-14-12-10-8-6-4-2;1-2-3-4-5-6-7-8-9-10-11-12-15-13-16(28-14-15)17-19(24)20(25)18(23)22-21(17)26-29-27-22;1-2-3-4-5-6-7-8-9-10-11-12-16-13-14-17-15-16;;;;;/h25-28H,3-24H2,1-2H3;13-14H,2-12H2,1H3;13,15H,2-12H2,1H3;1H4;3*1H3;. The van der Waals surface area contributed by atoms with Crippen LogP contribution in [0.5, 0.6) is 0 Å². The van der Waals surface area contributed by atoms with E-state index in [1.165, 1.54) is 303 Å². The smallest absolute Gasteiger partial charge is 0.121 e. The maximum absolute atomic E-state index is 7.05. The van der Waals surface area contributed by atoms with Crippen LogP contribution in [-0.2, 0) is 25.7 Å². The summed E-state index contributed by atoms with van der Waals surface area (Å²) in [5, 5.41) is 11.5. The molecule has 4 nitrogen and oxygen atoms in total. The Hall–Kier alpha value is -0.681. The number of thiophene rings is 4. The summed E-state index contributed by atoms with van der Waals surface area (Å²) in [5.41, 5.74) is 11.9. The van der Waals surface area contributed by atoms with Crippen molar-refractivity contribution in [3.8, 4) is 31.3 Å². The first kappa shape index (κ1) is 86.0. The molecule has 0 fully saturated rings. The third kappa shape index (κ3) is 30.6. The van der Waals surface area contributed by atoms with Crippen molar-refractivity contribution in [2.24, 2.45) is 0 Å². The van der Waals surface area contributed by atoms with E-state index in [9.17, 15) is 0 Å². The molecule has 2 aromatic carbocycles. The van der Waals surface area contributed by atoms with Crippen molar-refractivity contribution in [2.45, 2.75) is 332 Å². The predicted octanol–water partition coefficient (Wildman–Crippen LogP) is 32.7. The van der Waals surface area contributed by atoms with E-state index in [1.54, 1.807) is 42.5 Å². The maximum atomic E-state index is 7.05. The maximum Gasteiger partial charge on any atom is 0.121 e. The average Bonchev–Trinajstić information content (AvgIpc) is 1.53. The molecule has 536 valence electrons. The molecule has 0 unspecified atom stereocenters. The minimum atomic E-state index is -1.79. The van der Waals surface area contributed by atoms with Crippen LogP contribution < -0.4 is 2.89 Å². The molecule has 0 aliphatic carbocycles. The second kappa shape index (κ2) is 50.7. The Morgan fingerprint density at radius 3 is 0.812 bits per heavy atom. The van der Waals surface area contributed by atoms with E-state index in [0.717, 1.165) is 77.1 Å². The molecule has 0 saturated heterocycles. The van der Waals surface area contributed by atoms with Crippen molar-refractivity contribution in [1.29, 1.82) is 0 Å². The van der Waals surface area contributed by atoms with E-state index >= 15 is 0 Å². The number of aromatic nitrogens is 4. The van der Waals surface area contributed by atoms with Gasteiger partial charge in [0.05, 0.1) is 48.0 Å². The molecule has 8 rings (SSSR count). The fraction of sp³-hybridized carbons (Fsp3) is 0.650. The molecule has 0 radical (unpaired) electrons. The molecule has 6 heterocycles. The van der Waals surface area contributed by atoms with Gasteiger partial charge in [0.1, 0.15) is 22.1 Å². The van der Waals surface area contributed by atoms with Gasteiger partial charge in [-0.25, -0.2) is 0 Å². The molecule has 0 saturated carbocycles. The van der Waals surface area contributed by atoms with Gasteiger partial charge in [-0.1, -0.05) is 268 Å². The monoisotopic (exact) mass is 1670 g/mol. The average molecular weight is 1670 g/mol. The van der Waals surface area contributed by atoms with Gasteiger partial charge in [-0.2, -0.15) is 17.5 Å². The molecular weight excluding hydrogens is 1550 g/mol. The first-order valence-electron chi connectivity index (χ1n) is 37.5. The number of hydrogen-bond acceptors (Lipinski definition) is 10. The number of aryl methyl sites for hydroxylation is 4. The Morgan fingerprint density at radius 1 is 0.312 bits per heavy atom. The van der Waals surface area contributed by atoms with E-state index < -0.39 is 18.4 Å². The molecule has 8 aromatic rings. The van der Waals surface area contributed by atoms with Crippen molar-refractivity contribution in [3.05, 3.63) is 92.6 Å². The first-order chi connectivity index (χ1) is 46.3. The number of nitrogens with zero attached hydrogens (tertiary/aromatic N) is 4. The van der Waals surface area contributed by atoms with E-state index in [-0.39, 0.29) is 7.43 Å². The molecule has 0 atom stereocenters. The van der Waals surface area contributed by atoms with Crippen LogP contribution in [0.1, 0.15) is 314 Å². The minimum Gasteiger partial charge on any atom is -0.172 e. The van der Waals surface area contributed by atoms with Crippen LogP contribution >= 0.6 is 131 Å². The number of halogens is 5. The zero-order valence-corrected chi connectivity index (χ0v) is 71.7. The molecule has 16 heteroatoms. The fourth-order valence-electron chi connectivity index (χ4n) is 12.6. The van der Waals surface area contributed by atoms with Crippen LogP contribution in [0.3, 0.4) is 0 Å². The van der Waals surface area contributed by atoms with Gasteiger partial charge >= 0.3 is 122 Å². The van der Waals surface area contributed by atoms with Crippen LogP contribution in [0.4, 0.5) is 0 Å². The largest absolute Gasteiger partial charge is 0.172 e. The third-order valence-corrected chi connectivity index (χ3v) is 35.8. The number of hydrogen-bond donors (Lipinski definition) is 0. The van der Waals surface area contributed by atoms with Gasteiger partial charge in [-0.15, -0.1) is 34.0 Å². The Morgan fingerprint density at radius 2 is 0.542 bits per heavy atom. The second-order valence-corrected chi connectivity index (χ2v) is 50.3. The SMILES string of the molecule is C.CCCCCCCCCCCCc1cs[c]([Sn]([CH3])([CH3])[CH3])c1.CCCCCCCCCCCCc1csc(-c2c(Cl)c(Cl)c(-c3cc(CCCCCCCCCCCC)cs3)c3nsnc23)c1.CCCCCCCCCCCCc1csc(-c2c(Cl)c(Cl)c(Br)c3nsnc23)c1. The van der Waals surface area contributed by atoms with Crippen LogP contribution in [0.15, 0.2) is 50.3 Å². The summed E-state index contributed by atoms with van der Waals surface area (Å²) >= 11 is 38.5. The predicted molar refractivity (Wildman–Crippen MR) is 449 cm³/mol. The van der Waals surface area contributed by atoms with Gasteiger partial charge in [0.25, 0.3) is 0 Å². The van der Waals surface area contributed by atoms with Crippen molar-refractivity contribution >= 4 is 174 Å². The third-order valence-electron chi connectivity index (χ3n) is 18.5. The van der Waals surface area contributed by atoms with Gasteiger partial charge in [-0.05, 0) is 105 Å². The van der Waals surface area contributed by atoms with Crippen molar-refractivity contribution in [3.63, 3.8) is 0 Å². The van der Waals surface area contributed by atoms with Crippen LogP contribution in [-0.4, -0.2) is 35.9 Å². The Balaban J connectivity index is 0.000000281. The van der Waals surface area contributed by atoms with Crippen LogP contribution in [0, 0.1) is 0 Å². The Labute approximate surface area is 641 Å². The van der Waals surface area contributed by atoms with Gasteiger partial charge in [0, 0.05) is 31.3 Å². The summed E-state index contributed by atoms with van der Waals surface area (Å²) in [5.74, 6) is 0. The summed E-state index contributed by atoms with van der Waals surface area (Å²) in [6.45, 7) is 9.14. The van der Waals surface area contributed by atoms with Gasteiger partial charge in [-0.3, -0.25) is 0 Å². The van der Waals surface area contributed by atoms with Gasteiger partial charge in [0.15, 0.2) is 0 Å². The molecule has 0 N–H and O–H groups in total. The summed E-state index contributed by atoms with van der Waals surface area (Å²) in [7, 11) is 0. The number of fused-ring (bicyclic) bond motifs is 2. The molecule has 0 bridgehead atoms. The van der Waals surface area contributed by atoms with Crippen molar-refractivity contribution < 1.29 is 0 Å². The van der Waals surface area contributed by atoms with E-state index in [4.69, 9.17) is 55.2 Å². The van der Waals surface area contributed by atoms with Crippen molar-refractivity contribution in [2.75, 3.05) is 0 Å². The van der Waals surface area contributed by atoms with Crippen LogP contribution in [0.2, 0.25) is 34.9 Å². The van der Waals surface area contributed by atoms with E-state index in [2.05, 4.69) is 113 Å². The molecule has 0 amide bonds. The quantitative estimate of drug-likeness (QED) is 0.0217. The number of rotatable bonds is 48. The topological polar surface area (TPSA) is 51.6 Å². The normalized spacial score (nSPS) is 11.6. The summed E-state index contributed by atoms with van der Waals surface area (Å²) < 4.78 is 20.7. The van der Waals surface area contributed by atoms with E-state index in [0.29, 0.717) is 20.1 Å². The van der Waals surface area contributed by atoms with Gasteiger partial charge < -0.3 is 0 Å². The molecule has 0 spiro atoms. The molecule has 0 aliphatic rings. The van der Waals surface area contributed by atoms with Crippen molar-refractivity contribution in [1.82, 2.24) is 17.5 Å². The Bertz CT molecular complexity index is 3210. The molecular formula is C80H121BrCl4N4S6Sn. The zero-order chi connectivity index (χ0) is 67.9. The molecule has 6 aromatic heterocycles. The summed E-state index contributed by atoms with van der Waals surface area (Å²) in [4.78, 5) is 11.0. The van der Waals surface area contributed by atoms with Crippen LogP contribution in [0.25, 0.3) is 53.4 Å². The number of unbranched alkanes of at least 4 members (excludes halogenated alkanes) is 36. The summed E-state index contributed by atoms with van der Waals surface area (Å²) in [6, 6.07) is 9.35. The Kier molecular flexibility index (Phi) is 45.4. The zero-order valence-electron chi connectivity index (χ0n) is 59.4. The minimum absolute atomic E-state index is 0. The fourth-order valence-corrected chi connectivity index (χ4v) is 25.0.